The number of nitrogens with zero attached hydrogens (tertiary/aromatic N) is 3. The second-order valence-corrected chi connectivity index (χ2v) is 6.06. The van der Waals surface area contributed by atoms with E-state index in [1.54, 1.807) is 14.0 Å². The third-order valence-electron chi connectivity index (χ3n) is 4.01. The van der Waals surface area contributed by atoms with Crippen molar-refractivity contribution in [1.82, 2.24) is 14.9 Å². The lowest BCUT2D eigenvalue weighted by Gasteiger charge is -2.08. The zero-order chi connectivity index (χ0) is 18.8. The van der Waals surface area contributed by atoms with Crippen molar-refractivity contribution < 1.29 is 18.8 Å². The lowest BCUT2D eigenvalue weighted by atomic mass is 10.0. The third kappa shape index (κ3) is 3.30. The van der Waals surface area contributed by atoms with Crippen molar-refractivity contribution in [2.45, 2.75) is 27.2 Å². The van der Waals surface area contributed by atoms with E-state index in [2.05, 4.69) is 15.6 Å². The van der Waals surface area contributed by atoms with Gasteiger partial charge in [0.1, 0.15) is 17.1 Å². The highest BCUT2D eigenvalue weighted by molar-refractivity contribution is 6.01. The molecule has 3 rings (SSSR count). The molecular weight excluding hydrogens is 336 g/mol. The molecule has 3 aromatic rings. The van der Waals surface area contributed by atoms with Gasteiger partial charge in [-0.2, -0.15) is 5.10 Å². The van der Waals surface area contributed by atoms with Crippen LogP contribution in [0.2, 0.25) is 0 Å². The van der Waals surface area contributed by atoms with Crippen LogP contribution in [-0.2, 0) is 23.0 Å². The van der Waals surface area contributed by atoms with E-state index in [4.69, 9.17) is 9.26 Å². The molecule has 0 spiro atoms. The molecule has 8 nitrogen and oxygen atoms in total. The maximum absolute atomic E-state index is 12.5. The topological polar surface area (TPSA) is 99.2 Å². The summed E-state index contributed by atoms with van der Waals surface area (Å²) in [5.41, 5.74) is 3.47. The fraction of sp³-hybridized carbons (Fsp3) is 0.333. The number of aryl methyl sites for hydroxylation is 3. The van der Waals surface area contributed by atoms with E-state index in [-0.39, 0.29) is 30.3 Å². The highest BCUT2D eigenvalue weighted by Crippen LogP contribution is 2.25. The maximum atomic E-state index is 12.5. The fourth-order valence-corrected chi connectivity index (χ4v) is 2.91. The van der Waals surface area contributed by atoms with Crippen LogP contribution in [-0.4, -0.2) is 33.4 Å². The Labute approximate surface area is 150 Å². The normalized spacial score (nSPS) is 10.9. The minimum absolute atomic E-state index is 0.0182. The second kappa shape index (κ2) is 6.99. The molecule has 26 heavy (non-hydrogen) atoms. The van der Waals surface area contributed by atoms with Gasteiger partial charge in [0.25, 0.3) is 0 Å². The van der Waals surface area contributed by atoms with E-state index < -0.39 is 5.97 Å². The van der Waals surface area contributed by atoms with Gasteiger partial charge in [0.05, 0.1) is 19.2 Å². The van der Waals surface area contributed by atoms with Crippen LogP contribution in [0.1, 0.15) is 34.1 Å². The molecule has 0 saturated carbocycles. The van der Waals surface area contributed by atoms with Gasteiger partial charge in [0, 0.05) is 12.4 Å². The summed E-state index contributed by atoms with van der Waals surface area (Å²) in [4.78, 5) is 24.5. The second-order valence-electron chi connectivity index (χ2n) is 6.06. The molecule has 1 aromatic carbocycles. The number of rotatable bonds is 5. The van der Waals surface area contributed by atoms with E-state index in [9.17, 15) is 9.59 Å². The van der Waals surface area contributed by atoms with E-state index in [0.29, 0.717) is 11.3 Å². The molecule has 136 valence electrons. The van der Waals surface area contributed by atoms with Crippen LogP contribution in [0.4, 0.5) is 5.82 Å². The average Bonchev–Trinajstić information content (AvgIpc) is 3.12. The summed E-state index contributed by atoms with van der Waals surface area (Å²) in [7, 11) is 1.64. The summed E-state index contributed by atoms with van der Waals surface area (Å²) < 4.78 is 11.7. The monoisotopic (exact) mass is 356 g/mol. The van der Waals surface area contributed by atoms with Gasteiger partial charge in [0.15, 0.2) is 5.58 Å². The predicted molar refractivity (Wildman–Crippen MR) is 95.0 cm³/mol. The Balaban J connectivity index is 1.83. The van der Waals surface area contributed by atoms with Gasteiger partial charge < -0.3 is 14.6 Å². The largest absolute Gasteiger partial charge is 0.462 e. The third-order valence-corrected chi connectivity index (χ3v) is 4.01. The molecule has 0 aliphatic heterocycles. The smallest absolute Gasteiger partial charge is 0.343 e. The van der Waals surface area contributed by atoms with Gasteiger partial charge in [-0.15, -0.1) is 0 Å². The molecule has 0 unspecified atom stereocenters. The lowest BCUT2D eigenvalue weighted by Crippen LogP contribution is -2.19. The van der Waals surface area contributed by atoms with Crippen molar-refractivity contribution in [3.05, 3.63) is 40.7 Å². The van der Waals surface area contributed by atoms with Crippen LogP contribution in [0.3, 0.4) is 0 Å². The number of carbonyl (C=O) groups excluding carboxylic acids is 2. The number of benzene rings is 1. The zero-order valence-electron chi connectivity index (χ0n) is 15.1. The summed E-state index contributed by atoms with van der Waals surface area (Å²) in [6.07, 6.45) is 1.39. The number of hydrogen-bond acceptors (Lipinski definition) is 6. The predicted octanol–water partition coefficient (Wildman–Crippen LogP) is 2.54. The summed E-state index contributed by atoms with van der Waals surface area (Å²) >= 11 is 0. The minimum atomic E-state index is -0.533. The van der Waals surface area contributed by atoms with Crippen LogP contribution in [0.15, 0.2) is 22.9 Å². The van der Waals surface area contributed by atoms with E-state index in [1.807, 2.05) is 26.0 Å². The number of anilines is 1. The van der Waals surface area contributed by atoms with Crippen LogP contribution in [0, 0.1) is 13.8 Å². The summed E-state index contributed by atoms with van der Waals surface area (Å²) in [5, 5.41) is 11.6. The summed E-state index contributed by atoms with van der Waals surface area (Å²) in [6.45, 7) is 5.88. The Morgan fingerprint density at radius 3 is 2.81 bits per heavy atom. The number of ether oxygens (including phenoxy) is 1. The Morgan fingerprint density at radius 1 is 1.31 bits per heavy atom. The van der Waals surface area contributed by atoms with Crippen molar-refractivity contribution in [3.63, 3.8) is 0 Å². The van der Waals surface area contributed by atoms with Crippen molar-refractivity contribution in [3.8, 4) is 0 Å². The Bertz CT molecular complexity index is 987. The summed E-state index contributed by atoms with van der Waals surface area (Å²) in [5.74, 6) is -0.572. The van der Waals surface area contributed by atoms with E-state index >= 15 is 0 Å². The van der Waals surface area contributed by atoms with Crippen molar-refractivity contribution in [2.24, 2.45) is 7.05 Å². The zero-order valence-corrected chi connectivity index (χ0v) is 15.1. The van der Waals surface area contributed by atoms with Gasteiger partial charge in [-0.3, -0.25) is 9.48 Å². The molecule has 2 aromatic heterocycles. The number of nitrogens with one attached hydrogen (secondary N) is 1. The SMILES string of the molecule is CCOC(=O)c1cnn(C)c1NC(=O)Cc1noc2cc(C)cc(C)c12. The molecule has 0 saturated heterocycles. The van der Waals surface area contributed by atoms with E-state index in [0.717, 1.165) is 16.5 Å². The number of carbonyl (C=O) groups is 2. The van der Waals surface area contributed by atoms with Crippen LogP contribution in [0.25, 0.3) is 11.0 Å². The molecule has 0 aliphatic rings. The fourth-order valence-electron chi connectivity index (χ4n) is 2.91. The van der Waals surface area contributed by atoms with Gasteiger partial charge >= 0.3 is 5.97 Å². The molecule has 0 fully saturated rings. The van der Waals surface area contributed by atoms with Crippen LogP contribution < -0.4 is 5.32 Å². The first kappa shape index (κ1) is 17.7. The average molecular weight is 356 g/mol. The molecule has 1 amide bonds. The van der Waals surface area contributed by atoms with Gasteiger partial charge in [-0.1, -0.05) is 11.2 Å². The van der Waals surface area contributed by atoms with Gasteiger partial charge in [-0.25, -0.2) is 4.79 Å². The first-order valence-electron chi connectivity index (χ1n) is 8.25. The highest BCUT2D eigenvalue weighted by atomic mass is 16.5. The lowest BCUT2D eigenvalue weighted by molar-refractivity contribution is -0.115. The van der Waals surface area contributed by atoms with Crippen molar-refractivity contribution >= 4 is 28.7 Å². The summed E-state index contributed by atoms with van der Waals surface area (Å²) in [6, 6.07) is 3.90. The molecule has 0 atom stereocenters. The number of hydrogen-bond donors (Lipinski definition) is 1. The molecule has 0 bridgehead atoms. The Kier molecular flexibility index (Phi) is 4.75. The highest BCUT2D eigenvalue weighted by Gasteiger charge is 2.21. The molecule has 0 aliphatic carbocycles. The van der Waals surface area contributed by atoms with Crippen LogP contribution >= 0.6 is 0 Å². The maximum Gasteiger partial charge on any atom is 0.343 e. The number of amides is 1. The number of fused-ring (bicyclic) bond motifs is 1. The number of aromatic nitrogens is 3. The first-order chi connectivity index (χ1) is 12.4. The standard InChI is InChI=1S/C18H20N4O4/c1-5-25-18(24)12-9-19-22(4)17(12)20-15(23)8-13-16-11(3)6-10(2)7-14(16)26-21-13/h6-7,9H,5,8H2,1-4H3,(H,20,23). The molecule has 8 heteroatoms. The van der Waals surface area contributed by atoms with Crippen molar-refractivity contribution in [1.29, 1.82) is 0 Å². The number of esters is 1. The van der Waals surface area contributed by atoms with Crippen LogP contribution in [0.5, 0.6) is 0 Å². The molecular formula is C18H20N4O4. The molecule has 0 radical (unpaired) electrons. The quantitative estimate of drug-likeness (QED) is 0.705. The molecule has 2 heterocycles. The Morgan fingerprint density at radius 2 is 2.08 bits per heavy atom. The van der Waals surface area contributed by atoms with Crippen molar-refractivity contribution in [2.75, 3.05) is 11.9 Å². The Hall–Kier alpha value is -3.16. The minimum Gasteiger partial charge on any atom is -0.462 e. The first-order valence-corrected chi connectivity index (χ1v) is 8.25. The van der Waals surface area contributed by atoms with Gasteiger partial charge in [0.2, 0.25) is 5.91 Å². The van der Waals surface area contributed by atoms with E-state index in [1.165, 1.54) is 10.9 Å². The van der Waals surface area contributed by atoms with Gasteiger partial charge in [-0.05, 0) is 38.0 Å². The molecule has 1 N–H and O–H groups in total.